The summed E-state index contributed by atoms with van der Waals surface area (Å²) in [4.78, 5) is 0. The first-order valence-electron chi connectivity index (χ1n) is 6.31. The number of nitrogens with one attached hydrogen (secondary N) is 1. The number of benzene rings is 2. The molecule has 0 amide bonds. The smallest absolute Gasteiger partial charge is 0.125 e. The molecule has 94 valence electrons. The van der Waals surface area contributed by atoms with Gasteiger partial charge < -0.3 is 10.1 Å². The molecule has 0 unspecified atom stereocenters. The van der Waals surface area contributed by atoms with Gasteiger partial charge in [-0.1, -0.05) is 48.5 Å². The molecule has 0 fully saturated rings. The van der Waals surface area contributed by atoms with Gasteiger partial charge in [0.1, 0.15) is 11.9 Å². The zero-order valence-corrected chi connectivity index (χ0v) is 10.7. The van der Waals surface area contributed by atoms with Crippen molar-refractivity contribution < 1.29 is 4.74 Å². The van der Waals surface area contributed by atoms with Crippen LogP contribution in [0.15, 0.2) is 60.7 Å². The molecule has 0 radical (unpaired) electrons. The Morgan fingerprint density at radius 2 is 1.56 bits per heavy atom. The molecular formula is C16H19NO. The average Bonchev–Trinajstić information content (AvgIpc) is 2.45. The summed E-state index contributed by atoms with van der Waals surface area (Å²) in [5.41, 5.74) is 1.22. The maximum Gasteiger partial charge on any atom is 0.125 e. The van der Waals surface area contributed by atoms with Crippen LogP contribution in [-0.4, -0.2) is 13.6 Å². The molecule has 2 rings (SSSR count). The van der Waals surface area contributed by atoms with Crippen LogP contribution in [0, 0.1) is 0 Å². The van der Waals surface area contributed by atoms with E-state index >= 15 is 0 Å². The standard InChI is InChI=1S/C16H19NO/c1-17-13-12-16(14-8-4-2-5-9-14)18-15-10-6-3-7-11-15/h2-11,16-17H,12-13H2,1H3/t16-/m1/s1. The summed E-state index contributed by atoms with van der Waals surface area (Å²) in [5.74, 6) is 0.919. The molecule has 0 saturated heterocycles. The summed E-state index contributed by atoms with van der Waals surface area (Å²) in [7, 11) is 1.96. The van der Waals surface area contributed by atoms with Crippen molar-refractivity contribution in [3.63, 3.8) is 0 Å². The highest BCUT2D eigenvalue weighted by atomic mass is 16.5. The summed E-state index contributed by atoms with van der Waals surface area (Å²) in [6.07, 6.45) is 1.05. The summed E-state index contributed by atoms with van der Waals surface area (Å²) < 4.78 is 6.06. The van der Waals surface area contributed by atoms with Gasteiger partial charge in [0, 0.05) is 6.42 Å². The molecule has 0 aromatic heterocycles. The average molecular weight is 241 g/mol. The van der Waals surface area contributed by atoms with Crippen molar-refractivity contribution in [2.45, 2.75) is 12.5 Å². The van der Waals surface area contributed by atoms with E-state index in [-0.39, 0.29) is 6.10 Å². The van der Waals surface area contributed by atoms with Crippen molar-refractivity contribution in [1.29, 1.82) is 0 Å². The van der Waals surface area contributed by atoms with Crippen molar-refractivity contribution >= 4 is 0 Å². The second-order valence-electron chi connectivity index (χ2n) is 4.22. The van der Waals surface area contributed by atoms with Crippen LogP contribution in [0.2, 0.25) is 0 Å². The highest BCUT2D eigenvalue weighted by Crippen LogP contribution is 2.24. The van der Waals surface area contributed by atoms with Gasteiger partial charge in [-0.05, 0) is 31.3 Å². The third-order valence-corrected chi connectivity index (χ3v) is 2.85. The van der Waals surface area contributed by atoms with E-state index in [4.69, 9.17) is 4.74 Å². The summed E-state index contributed by atoms with van der Waals surface area (Å²) in [6, 6.07) is 20.3. The van der Waals surface area contributed by atoms with Crippen molar-refractivity contribution in [3.8, 4) is 5.75 Å². The van der Waals surface area contributed by atoms with Gasteiger partial charge in [0.2, 0.25) is 0 Å². The monoisotopic (exact) mass is 241 g/mol. The molecule has 18 heavy (non-hydrogen) atoms. The zero-order chi connectivity index (χ0) is 12.6. The molecule has 2 aromatic carbocycles. The van der Waals surface area contributed by atoms with Crippen LogP contribution >= 0.6 is 0 Å². The Hall–Kier alpha value is -1.80. The van der Waals surface area contributed by atoms with Gasteiger partial charge in [0.05, 0.1) is 0 Å². The van der Waals surface area contributed by atoms with Crippen LogP contribution in [0.3, 0.4) is 0 Å². The van der Waals surface area contributed by atoms with E-state index in [1.54, 1.807) is 0 Å². The molecule has 2 heteroatoms. The molecular weight excluding hydrogens is 222 g/mol. The minimum Gasteiger partial charge on any atom is -0.486 e. The lowest BCUT2D eigenvalue weighted by Crippen LogP contribution is -2.16. The van der Waals surface area contributed by atoms with Crippen molar-refractivity contribution in [2.24, 2.45) is 0 Å². The van der Waals surface area contributed by atoms with Crippen molar-refractivity contribution in [2.75, 3.05) is 13.6 Å². The lowest BCUT2D eigenvalue weighted by atomic mass is 10.1. The number of hydrogen-bond acceptors (Lipinski definition) is 2. The van der Waals surface area contributed by atoms with Crippen LogP contribution < -0.4 is 10.1 Å². The molecule has 0 saturated carbocycles. The Bertz CT molecular complexity index is 441. The Balaban J connectivity index is 2.10. The summed E-state index contributed by atoms with van der Waals surface area (Å²) >= 11 is 0. The van der Waals surface area contributed by atoms with Gasteiger partial charge in [-0.3, -0.25) is 0 Å². The summed E-state index contributed by atoms with van der Waals surface area (Å²) in [6.45, 7) is 0.937. The van der Waals surface area contributed by atoms with E-state index in [9.17, 15) is 0 Å². The van der Waals surface area contributed by atoms with Crippen molar-refractivity contribution in [1.82, 2.24) is 5.32 Å². The van der Waals surface area contributed by atoms with Gasteiger partial charge in [0.25, 0.3) is 0 Å². The Morgan fingerprint density at radius 3 is 2.17 bits per heavy atom. The highest BCUT2D eigenvalue weighted by molar-refractivity contribution is 5.24. The second-order valence-corrected chi connectivity index (χ2v) is 4.22. The van der Waals surface area contributed by atoms with Gasteiger partial charge in [-0.25, -0.2) is 0 Å². The molecule has 0 spiro atoms. The highest BCUT2D eigenvalue weighted by Gasteiger charge is 2.12. The molecule has 0 aliphatic rings. The predicted molar refractivity (Wildman–Crippen MR) is 74.8 cm³/mol. The fourth-order valence-electron chi connectivity index (χ4n) is 1.90. The number of rotatable bonds is 6. The minimum atomic E-state index is 0.0982. The predicted octanol–water partition coefficient (Wildman–Crippen LogP) is 3.42. The SMILES string of the molecule is CNCC[C@@H](Oc1ccccc1)c1ccccc1. The quantitative estimate of drug-likeness (QED) is 0.836. The first-order valence-corrected chi connectivity index (χ1v) is 6.31. The van der Waals surface area contributed by atoms with Gasteiger partial charge in [0.15, 0.2) is 0 Å². The molecule has 1 atom stereocenters. The van der Waals surface area contributed by atoms with Crippen LogP contribution in [-0.2, 0) is 0 Å². The van der Waals surface area contributed by atoms with Crippen LogP contribution in [0.25, 0.3) is 0 Å². The maximum absolute atomic E-state index is 6.06. The summed E-state index contributed by atoms with van der Waals surface area (Å²) in [5, 5.41) is 3.17. The maximum atomic E-state index is 6.06. The van der Waals surface area contributed by atoms with Crippen LogP contribution in [0.1, 0.15) is 18.1 Å². The third kappa shape index (κ3) is 3.60. The Morgan fingerprint density at radius 1 is 0.944 bits per heavy atom. The van der Waals surface area contributed by atoms with Gasteiger partial charge >= 0.3 is 0 Å². The lowest BCUT2D eigenvalue weighted by Gasteiger charge is -2.19. The molecule has 2 aromatic rings. The van der Waals surface area contributed by atoms with E-state index in [0.717, 1.165) is 18.7 Å². The van der Waals surface area contributed by atoms with E-state index in [1.807, 2.05) is 43.4 Å². The first kappa shape index (κ1) is 12.7. The fraction of sp³-hybridized carbons (Fsp3) is 0.250. The third-order valence-electron chi connectivity index (χ3n) is 2.85. The van der Waals surface area contributed by atoms with Crippen LogP contribution in [0.5, 0.6) is 5.75 Å². The largest absolute Gasteiger partial charge is 0.486 e. The van der Waals surface area contributed by atoms with Crippen molar-refractivity contribution in [3.05, 3.63) is 66.2 Å². The molecule has 0 bridgehead atoms. The van der Waals surface area contributed by atoms with Crippen LogP contribution in [0.4, 0.5) is 0 Å². The van der Waals surface area contributed by atoms with E-state index in [2.05, 4.69) is 29.6 Å². The van der Waals surface area contributed by atoms with E-state index < -0.39 is 0 Å². The Kier molecular flexibility index (Phi) is 4.79. The lowest BCUT2D eigenvalue weighted by molar-refractivity contribution is 0.195. The minimum absolute atomic E-state index is 0.0982. The van der Waals surface area contributed by atoms with E-state index in [0.29, 0.717) is 0 Å². The number of ether oxygens (including phenoxy) is 1. The van der Waals surface area contributed by atoms with Gasteiger partial charge in [-0.15, -0.1) is 0 Å². The second kappa shape index (κ2) is 6.82. The number of hydrogen-bond donors (Lipinski definition) is 1. The first-order chi connectivity index (χ1) is 8.90. The fourth-order valence-corrected chi connectivity index (χ4v) is 1.90. The molecule has 1 N–H and O–H groups in total. The molecule has 0 aliphatic heterocycles. The topological polar surface area (TPSA) is 21.3 Å². The normalized spacial score (nSPS) is 12.1. The molecule has 2 nitrogen and oxygen atoms in total. The molecule has 0 heterocycles. The Labute approximate surface area is 109 Å². The van der Waals surface area contributed by atoms with E-state index in [1.165, 1.54) is 5.56 Å². The molecule has 0 aliphatic carbocycles. The zero-order valence-electron chi connectivity index (χ0n) is 10.7. The van der Waals surface area contributed by atoms with Gasteiger partial charge in [-0.2, -0.15) is 0 Å². The number of para-hydroxylation sites is 1.